The summed E-state index contributed by atoms with van der Waals surface area (Å²) in [5, 5.41) is 3.24. The van der Waals surface area contributed by atoms with Crippen molar-refractivity contribution in [2.24, 2.45) is 5.92 Å². The topological polar surface area (TPSA) is 70.6 Å². The molecule has 0 radical (unpaired) electrons. The molecule has 0 spiro atoms. The van der Waals surface area contributed by atoms with Gasteiger partial charge in [0.2, 0.25) is 5.91 Å². The number of benzene rings is 1. The third-order valence-electron chi connectivity index (χ3n) is 4.88. The van der Waals surface area contributed by atoms with Gasteiger partial charge in [-0.1, -0.05) is 12.1 Å². The Kier molecular flexibility index (Phi) is 6.81. The molecule has 1 amide bonds. The van der Waals surface area contributed by atoms with Crippen molar-refractivity contribution in [3.63, 3.8) is 0 Å². The van der Waals surface area contributed by atoms with Gasteiger partial charge in [-0.3, -0.25) is 4.79 Å². The van der Waals surface area contributed by atoms with Crippen LogP contribution in [0.1, 0.15) is 12.5 Å². The largest absolute Gasteiger partial charge is 0.494 e. The zero-order valence-corrected chi connectivity index (χ0v) is 16.8. The van der Waals surface area contributed by atoms with E-state index < -0.39 is 0 Å². The molecule has 0 saturated carbocycles. The van der Waals surface area contributed by atoms with Gasteiger partial charge in [-0.2, -0.15) is 0 Å². The normalized spacial score (nSPS) is 19.1. The van der Waals surface area contributed by atoms with Crippen LogP contribution in [-0.4, -0.2) is 67.2 Å². The number of carbonyl (C=O) groups excluding carboxylic acids is 1. The fourth-order valence-electron chi connectivity index (χ4n) is 3.66. The van der Waals surface area contributed by atoms with Gasteiger partial charge >= 0.3 is 0 Å². The number of carbonyl (C=O) groups is 1. The maximum absolute atomic E-state index is 12.7. The Morgan fingerprint density at radius 3 is 2.68 bits per heavy atom. The van der Waals surface area contributed by atoms with E-state index in [9.17, 15) is 4.79 Å². The van der Waals surface area contributed by atoms with Gasteiger partial charge in [-0.05, 0) is 44.8 Å². The maximum Gasteiger partial charge on any atom is 0.224 e. The fraction of sp³-hybridized carbons (Fsp3) is 0.476. The van der Waals surface area contributed by atoms with Crippen molar-refractivity contribution in [1.29, 1.82) is 0 Å². The summed E-state index contributed by atoms with van der Waals surface area (Å²) in [6.07, 6.45) is 3.68. The minimum absolute atomic E-state index is 0.0439. The number of ether oxygens (including phenoxy) is 1. The minimum atomic E-state index is 0.0439. The zero-order valence-electron chi connectivity index (χ0n) is 16.8. The molecule has 1 aromatic carbocycles. The first-order chi connectivity index (χ1) is 13.5. The lowest BCUT2D eigenvalue weighted by Crippen LogP contribution is -2.44. The molecule has 1 aromatic heterocycles. The van der Waals surface area contributed by atoms with Crippen LogP contribution < -0.4 is 15.0 Å². The van der Waals surface area contributed by atoms with E-state index in [-0.39, 0.29) is 11.9 Å². The van der Waals surface area contributed by atoms with Crippen LogP contribution in [0.5, 0.6) is 5.75 Å². The number of hydrogen-bond donors (Lipinski definition) is 1. The molecule has 7 nitrogen and oxygen atoms in total. The Morgan fingerprint density at radius 1 is 1.25 bits per heavy atom. The summed E-state index contributed by atoms with van der Waals surface area (Å²) in [5.41, 5.74) is 0.982. The molecule has 1 aliphatic rings. The molecule has 3 rings (SSSR count). The lowest BCUT2D eigenvalue weighted by atomic mass is 10.0. The van der Waals surface area contributed by atoms with Gasteiger partial charge in [0.1, 0.15) is 17.9 Å². The Labute approximate surface area is 166 Å². The Morgan fingerprint density at radius 2 is 2.04 bits per heavy atom. The third kappa shape index (κ3) is 5.42. The quantitative estimate of drug-likeness (QED) is 0.747. The number of nitrogens with one attached hydrogen (secondary N) is 1. The monoisotopic (exact) mass is 383 g/mol. The Bertz CT molecular complexity index is 751. The first kappa shape index (κ1) is 20.1. The molecule has 1 saturated heterocycles. The summed E-state index contributed by atoms with van der Waals surface area (Å²) in [4.78, 5) is 25.4. The standard InChI is InChI=1S/C21H29N5O2/c1-4-28-18-7-5-16(6-8-18)11-21(27)24-19-14-26(13-17(19)12-25(2)3)20-9-10-22-15-23-20/h5-10,15,17,19H,4,11-14H2,1-3H3,(H,24,27)/t17-,19-/m1/s1. The van der Waals surface area contributed by atoms with E-state index in [1.165, 1.54) is 0 Å². The Balaban J connectivity index is 1.61. The van der Waals surface area contributed by atoms with E-state index in [2.05, 4.69) is 39.2 Å². The molecular weight excluding hydrogens is 354 g/mol. The van der Waals surface area contributed by atoms with Gasteiger partial charge in [0.15, 0.2) is 0 Å². The molecule has 2 aromatic rings. The number of rotatable bonds is 8. The van der Waals surface area contributed by atoms with Crippen LogP contribution >= 0.6 is 0 Å². The van der Waals surface area contributed by atoms with Gasteiger partial charge in [0.05, 0.1) is 19.1 Å². The Hall–Kier alpha value is -2.67. The number of hydrogen-bond acceptors (Lipinski definition) is 6. The molecule has 0 bridgehead atoms. The van der Waals surface area contributed by atoms with Crippen LogP contribution in [0.4, 0.5) is 5.82 Å². The van der Waals surface area contributed by atoms with Crippen molar-refractivity contribution in [2.75, 3.05) is 45.2 Å². The molecule has 1 aliphatic heterocycles. The second-order valence-electron chi connectivity index (χ2n) is 7.42. The second kappa shape index (κ2) is 9.50. The fourth-order valence-corrected chi connectivity index (χ4v) is 3.66. The van der Waals surface area contributed by atoms with Crippen LogP contribution in [0.2, 0.25) is 0 Å². The van der Waals surface area contributed by atoms with Gasteiger partial charge < -0.3 is 19.9 Å². The molecule has 0 unspecified atom stereocenters. The van der Waals surface area contributed by atoms with Crippen molar-refractivity contribution in [1.82, 2.24) is 20.2 Å². The maximum atomic E-state index is 12.7. The lowest BCUT2D eigenvalue weighted by molar-refractivity contribution is -0.121. The molecule has 7 heteroatoms. The zero-order chi connectivity index (χ0) is 19.9. The average molecular weight is 383 g/mol. The first-order valence-electron chi connectivity index (χ1n) is 9.72. The molecule has 28 heavy (non-hydrogen) atoms. The smallest absolute Gasteiger partial charge is 0.224 e. The van der Waals surface area contributed by atoms with Crippen molar-refractivity contribution in [3.8, 4) is 5.75 Å². The lowest BCUT2D eigenvalue weighted by Gasteiger charge is -2.22. The number of amides is 1. The van der Waals surface area contributed by atoms with Crippen molar-refractivity contribution in [3.05, 3.63) is 48.4 Å². The summed E-state index contributed by atoms with van der Waals surface area (Å²) in [6.45, 7) is 5.12. The average Bonchev–Trinajstić information content (AvgIpc) is 3.06. The van der Waals surface area contributed by atoms with Crippen molar-refractivity contribution >= 4 is 11.7 Å². The van der Waals surface area contributed by atoms with E-state index in [1.54, 1.807) is 12.5 Å². The summed E-state index contributed by atoms with van der Waals surface area (Å²) < 4.78 is 5.46. The molecule has 1 N–H and O–H groups in total. The van der Waals surface area contributed by atoms with E-state index in [0.29, 0.717) is 18.9 Å². The number of nitrogens with zero attached hydrogens (tertiary/aromatic N) is 4. The molecule has 0 aliphatic carbocycles. The van der Waals surface area contributed by atoms with E-state index in [1.807, 2.05) is 37.3 Å². The third-order valence-corrected chi connectivity index (χ3v) is 4.88. The highest BCUT2D eigenvalue weighted by molar-refractivity contribution is 5.79. The van der Waals surface area contributed by atoms with Crippen molar-refractivity contribution in [2.45, 2.75) is 19.4 Å². The highest BCUT2D eigenvalue weighted by atomic mass is 16.5. The first-order valence-corrected chi connectivity index (χ1v) is 9.72. The molecule has 2 atom stereocenters. The van der Waals surface area contributed by atoms with Crippen LogP contribution in [0.3, 0.4) is 0 Å². The SMILES string of the molecule is CCOc1ccc(CC(=O)N[C@@H]2CN(c3ccncn3)C[C@H]2CN(C)C)cc1. The second-order valence-corrected chi connectivity index (χ2v) is 7.42. The molecule has 2 heterocycles. The molecule has 1 fully saturated rings. The van der Waals surface area contributed by atoms with E-state index in [4.69, 9.17) is 4.74 Å². The predicted molar refractivity (Wildman–Crippen MR) is 110 cm³/mol. The van der Waals surface area contributed by atoms with Crippen molar-refractivity contribution < 1.29 is 9.53 Å². The highest BCUT2D eigenvalue weighted by Crippen LogP contribution is 2.23. The summed E-state index contributed by atoms with van der Waals surface area (Å²) in [6, 6.07) is 9.72. The molecule has 150 valence electrons. The predicted octanol–water partition coefficient (Wildman–Crippen LogP) is 1.60. The van der Waals surface area contributed by atoms with Crippen LogP contribution in [0, 0.1) is 5.92 Å². The van der Waals surface area contributed by atoms with E-state index in [0.717, 1.165) is 36.8 Å². The summed E-state index contributed by atoms with van der Waals surface area (Å²) >= 11 is 0. The van der Waals surface area contributed by atoms with Crippen LogP contribution in [0.25, 0.3) is 0 Å². The summed E-state index contributed by atoms with van der Waals surface area (Å²) in [7, 11) is 4.12. The van der Waals surface area contributed by atoms with E-state index >= 15 is 0 Å². The van der Waals surface area contributed by atoms with Gasteiger partial charge in [-0.25, -0.2) is 9.97 Å². The molecular formula is C21H29N5O2. The van der Waals surface area contributed by atoms with Crippen LogP contribution in [-0.2, 0) is 11.2 Å². The van der Waals surface area contributed by atoms with Crippen LogP contribution in [0.15, 0.2) is 42.9 Å². The summed E-state index contributed by atoms with van der Waals surface area (Å²) in [5.74, 6) is 2.12. The minimum Gasteiger partial charge on any atom is -0.494 e. The van der Waals surface area contributed by atoms with Gasteiger partial charge in [-0.15, -0.1) is 0 Å². The van der Waals surface area contributed by atoms with Gasteiger partial charge in [0.25, 0.3) is 0 Å². The van der Waals surface area contributed by atoms with Gasteiger partial charge in [0, 0.05) is 31.7 Å². The number of aromatic nitrogens is 2. The highest BCUT2D eigenvalue weighted by Gasteiger charge is 2.34. The number of anilines is 1.